The van der Waals surface area contributed by atoms with Crippen LogP contribution in [0.15, 0.2) is 9.64 Å². The lowest BCUT2D eigenvalue weighted by atomic mass is 9.91. The Morgan fingerprint density at radius 2 is 1.89 bits per heavy atom. The minimum Gasteiger partial charge on any atom is -0.481 e. The number of carbonyl (C=O) groups is 1. The monoisotopic (exact) mass is 270 g/mol. The van der Waals surface area contributed by atoms with Gasteiger partial charge in [0.2, 0.25) is 5.89 Å². The van der Waals surface area contributed by atoms with Gasteiger partial charge in [0.1, 0.15) is 5.75 Å². The van der Waals surface area contributed by atoms with Crippen molar-refractivity contribution in [3.05, 3.63) is 5.89 Å². The van der Waals surface area contributed by atoms with Gasteiger partial charge in [0.25, 0.3) is 5.22 Å². The molecule has 5 nitrogen and oxygen atoms in total. The van der Waals surface area contributed by atoms with Crippen LogP contribution in [-0.2, 0) is 4.79 Å². The molecule has 6 heteroatoms. The van der Waals surface area contributed by atoms with Crippen LogP contribution in [0.5, 0.6) is 0 Å². The highest BCUT2D eigenvalue weighted by molar-refractivity contribution is 7.99. The zero-order chi connectivity index (χ0) is 12.8. The normalized spacial score (nSPS) is 18.2. The molecule has 100 valence electrons. The number of aliphatic carboxylic acids is 1. The SMILES string of the molecule is O=C(O)CSc1nnc(C2CCCCCCC2)o1. The Balaban J connectivity index is 1.92. The summed E-state index contributed by atoms with van der Waals surface area (Å²) in [6, 6.07) is 0. The van der Waals surface area contributed by atoms with E-state index in [9.17, 15) is 4.79 Å². The smallest absolute Gasteiger partial charge is 0.314 e. The second-order valence-electron chi connectivity index (χ2n) is 4.63. The van der Waals surface area contributed by atoms with Crippen molar-refractivity contribution in [3.8, 4) is 0 Å². The van der Waals surface area contributed by atoms with Crippen LogP contribution in [0.2, 0.25) is 0 Å². The van der Waals surface area contributed by atoms with Gasteiger partial charge in [-0.05, 0) is 12.8 Å². The number of hydrogen-bond donors (Lipinski definition) is 1. The van der Waals surface area contributed by atoms with Crippen molar-refractivity contribution in [1.82, 2.24) is 10.2 Å². The zero-order valence-corrected chi connectivity index (χ0v) is 11.1. The van der Waals surface area contributed by atoms with Crippen molar-refractivity contribution in [2.75, 3.05) is 5.75 Å². The molecule has 1 saturated carbocycles. The first-order chi connectivity index (χ1) is 8.75. The van der Waals surface area contributed by atoms with E-state index in [1.165, 1.54) is 32.1 Å². The minimum absolute atomic E-state index is 0.0354. The van der Waals surface area contributed by atoms with E-state index in [-0.39, 0.29) is 5.75 Å². The molecule has 1 N–H and O–H groups in total. The molecule has 2 rings (SSSR count). The standard InChI is InChI=1S/C12H18N2O3S/c15-10(16)8-18-12-14-13-11(17-12)9-6-4-2-1-3-5-7-9/h9H,1-8H2,(H,15,16). The van der Waals surface area contributed by atoms with Crippen LogP contribution < -0.4 is 0 Å². The zero-order valence-electron chi connectivity index (χ0n) is 10.3. The first-order valence-corrected chi connectivity index (χ1v) is 7.42. The van der Waals surface area contributed by atoms with E-state index < -0.39 is 5.97 Å². The van der Waals surface area contributed by atoms with Crippen LogP contribution in [0.3, 0.4) is 0 Å². The van der Waals surface area contributed by atoms with Crippen molar-refractivity contribution in [1.29, 1.82) is 0 Å². The lowest BCUT2D eigenvalue weighted by molar-refractivity contribution is -0.133. The average molecular weight is 270 g/mol. The largest absolute Gasteiger partial charge is 0.481 e. The minimum atomic E-state index is -0.870. The molecule has 1 heterocycles. The van der Waals surface area contributed by atoms with Crippen molar-refractivity contribution >= 4 is 17.7 Å². The number of rotatable bonds is 4. The van der Waals surface area contributed by atoms with Crippen LogP contribution in [0.4, 0.5) is 0 Å². The lowest BCUT2D eigenvalue weighted by Crippen LogP contribution is -2.02. The molecule has 0 unspecified atom stereocenters. The van der Waals surface area contributed by atoms with Crippen molar-refractivity contribution in [2.24, 2.45) is 0 Å². The van der Waals surface area contributed by atoms with Crippen LogP contribution in [0.25, 0.3) is 0 Å². The third kappa shape index (κ3) is 4.01. The predicted octanol–water partition coefficient (Wildman–Crippen LogP) is 3.07. The Bertz CT molecular complexity index is 386. The lowest BCUT2D eigenvalue weighted by Gasteiger charge is -2.15. The van der Waals surface area contributed by atoms with Crippen LogP contribution >= 0.6 is 11.8 Å². The Morgan fingerprint density at radius 3 is 2.56 bits per heavy atom. The van der Waals surface area contributed by atoms with Gasteiger partial charge in [-0.25, -0.2) is 0 Å². The summed E-state index contributed by atoms with van der Waals surface area (Å²) < 4.78 is 5.55. The second-order valence-corrected chi connectivity index (χ2v) is 5.56. The van der Waals surface area contributed by atoms with E-state index >= 15 is 0 Å². The van der Waals surface area contributed by atoms with Crippen molar-refractivity contribution in [3.63, 3.8) is 0 Å². The summed E-state index contributed by atoms with van der Waals surface area (Å²) in [5.74, 6) is 0.138. The van der Waals surface area contributed by atoms with Crippen LogP contribution in [0, 0.1) is 0 Å². The summed E-state index contributed by atoms with van der Waals surface area (Å²) in [7, 11) is 0. The van der Waals surface area contributed by atoms with E-state index in [4.69, 9.17) is 9.52 Å². The van der Waals surface area contributed by atoms with Gasteiger partial charge in [0.05, 0.1) is 0 Å². The van der Waals surface area contributed by atoms with Gasteiger partial charge >= 0.3 is 5.97 Å². The van der Waals surface area contributed by atoms with Gasteiger partial charge < -0.3 is 9.52 Å². The molecular weight excluding hydrogens is 252 g/mol. The fourth-order valence-electron chi connectivity index (χ4n) is 2.27. The van der Waals surface area contributed by atoms with E-state index in [1.807, 2.05) is 0 Å². The first-order valence-electron chi connectivity index (χ1n) is 6.43. The molecule has 0 aliphatic heterocycles. The molecule has 0 saturated heterocycles. The molecule has 0 radical (unpaired) electrons. The summed E-state index contributed by atoms with van der Waals surface area (Å²) in [5.41, 5.74) is 0. The summed E-state index contributed by atoms with van der Waals surface area (Å²) in [6.45, 7) is 0. The highest BCUT2D eigenvalue weighted by Gasteiger charge is 2.20. The van der Waals surface area contributed by atoms with E-state index in [2.05, 4.69) is 10.2 Å². The van der Waals surface area contributed by atoms with Gasteiger partial charge in [-0.2, -0.15) is 0 Å². The Labute approximate surface area is 110 Å². The number of hydrogen-bond acceptors (Lipinski definition) is 5. The maximum atomic E-state index is 10.5. The Hall–Kier alpha value is -1.04. The molecule has 1 fully saturated rings. The third-order valence-corrected chi connectivity index (χ3v) is 4.00. The number of nitrogens with zero attached hydrogens (tertiary/aromatic N) is 2. The topological polar surface area (TPSA) is 76.2 Å². The molecule has 1 aliphatic carbocycles. The summed E-state index contributed by atoms with van der Waals surface area (Å²) >= 11 is 1.08. The fraction of sp³-hybridized carbons (Fsp3) is 0.750. The van der Waals surface area contributed by atoms with E-state index in [1.54, 1.807) is 0 Å². The quantitative estimate of drug-likeness (QED) is 0.847. The number of carboxylic acid groups (broad SMARTS) is 1. The van der Waals surface area contributed by atoms with Gasteiger partial charge in [-0.1, -0.05) is 43.9 Å². The van der Waals surface area contributed by atoms with Gasteiger partial charge in [-0.15, -0.1) is 10.2 Å². The number of aromatic nitrogens is 2. The molecule has 0 bridgehead atoms. The summed E-state index contributed by atoms with van der Waals surface area (Å²) in [6.07, 6.45) is 8.53. The van der Waals surface area contributed by atoms with Crippen molar-refractivity contribution in [2.45, 2.75) is 56.1 Å². The maximum absolute atomic E-state index is 10.5. The molecule has 1 aliphatic rings. The highest BCUT2D eigenvalue weighted by Crippen LogP contribution is 2.31. The Kier molecular flexibility index (Phi) is 5.04. The van der Waals surface area contributed by atoms with Gasteiger partial charge in [0, 0.05) is 5.92 Å². The highest BCUT2D eigenvalue weighted by atomic mass is 32.2. The number of thioether (sulfide) groups is 1. The molecule has 0 spiro atoms. The van der Waals surface area contributed by atoms with Gasteiger partial charge in [-0.3, -0.25) is 4.79 Å². The van der Waals surface area contributed by atoms with Crippen molar-refractivity contribution < 1.29 is 14.3 Å². The number of carboxylic acids is 1. The molecule has 1 aromatic heterocycles. The van der Waals surface area contributed by atoms with Crippen LogP contribution in [-0.4, -0.2) is 27.0 Å². The summed E-state index contributed by atoms with van der Waals surface area (Å²) in [4.78, 5) is 10.5. The van der Waals surface area contributed by atoms with E-state index in [0.29, 0.717) is 17.0 Å². The fourth-order valence-corrected chi connectivity index (χ4v) is 2.76. The second kappa shape index (κ2) is 6.78. The van der Waals surface area contributed by atoms with E-state index in [0.717, 1.165) is 24.6 Å². The van der Waals surface area contributed by atoms with Gasteiger partial charge in [0.15, 0.2) is 0 Å². The molecular formula is C12H18N2O3S. The average Bonchev–Trinajstić information content (AvgIpc) is 2.74. The Morgan fingerprint density at radius 1 is 1.22 bits per heavy atom. The molecule has 18 heavy (non-hydrogen) atoms. The van der Waals surface area contributed by atoms with Crippen LogP contribution in [0.1, 0.15) is 56.8 Å². The molecule has 0 aromatic carbocycles. The summed E-state index contributed by atoms with van der Waals surface area (Å²) in [5, 5.41) is 16.9. The molecule has 1 aromatic rings. The third-order valence-electron chi connectivity index (χ3n) is 3.20. The predicted molar refractivity (Wildman–Crippen MR) is 67.7 cm³/mol. The maximum Gasteiger partial charge on any atom is 0.314 e. The first kappa shape index (κ1) is 13.4. The molecule has 0 atom stereocenters. The molecule has 0 amide bonds.